The summed E-state index contributed by atoms with van der Waals surface area (Å²) in [4.78, 5) is 23.7. The van der Waals surface area contributed by atoms with Gasteiger partial charge in [-0.05, 0) is 44.4 Å². The van der Waals surface area contributed by atoms with Gasteiger partial charge in [-0.3, -0.25) is 9.59 Å². The molecule has 1 aromatic rings. The third-order valence-electron chi connectivity index (χ3n) is 4.07. The van der Waals surface area contributed by atoms with Crippen LogP contribution in [-0.2, 0) is 20.7 Å². The van der Waals surface area contributed by atoms with E-state index in [1.165, 1.54) is 21.3 Å². The van der Waals surface area contributed by atoms with Crippen molar-refractivity contribution in [2.45, 2.75) is 45.6 Å². The lowest BCUT2D eigenvalue weighted by Gasteiger charge is -2.24. The monoisotopic (exact) mass is 367 g/mol. The van der Waals surface area contributed by atoms with E-state index in [1.54, 1.807) is 12.1 Å². The molecule has 0 unspecified atom stereocenters. The number of carbonyl (C=O) groups excluding carboxylic acids is 2. The van der Waals surface area contributed by atoms with Crippen molar-refractivity contribution in [1.29, 1.82) is 0 Å². The molecule has 0 saturated carbocycles. The van der Waals surface area contributed by atoms with Gasteiger partial charge in [0.1, 0.15) is 0 Å². The maximum atomic E-state index is 11.9. The maximum absolute atomic E-state index is 11.9. The summed E-state index contributed by atoms with van der Waals surface area (Å²) in [6, 6.07) is 3.57. The number of benzene rings is 1. The second-order valence-electron chi connectivity index (χ2n) is 6.48. The van der Waals surface area contributed by atoms with Crippen LogP contribution in [0.25, 0.3) is 0 Å². The second-order valence-corrected chi connectivity index (χ2v) is 6.48. The highest BCUT2D eigenvalue weighted by molar-refractivity contribution is 5.81. The number of amides is 1. The Morgan fingerprint density at radius 3 is 2.08 bits per heavy atom. The van der Waals surface area contributed by atoms with Gasteiger partial charge < -0.3 is 24.3 Å². The zero-order valence-electron chi connectivity index (χ0n) is 16.4. The summed E-state index contributed by atoms with van der Waals surface area (Å²) in [5.41, 5.74) is 0.521. The molecule has 0 aromatic heterocycles. The number of esters is 1. The summed E-state index contributed by atoms with van der Waals surface area (Å²) in [7, 11) is 4.60. The Labute approximate surface area is 155 Å². The van der Waals surface area contributed by atoms with Gasteiger partial charge in [0, 0.05) is 12.0 Å². The van der Waals surface area contributed by atoms with Gasteiger partial charge >= 0.3 is 5.97 Å². The van der Waals surface area contributed by atoms with Crippen LogP contribution in [0, 0.1) is 0 Å². The van der Waals surface area contributed by atoms with E-state index in [2.05, 4.69) is 5.32 Å². The number of carbonyl (C=O) groups is 2. The van der Waals surface area contributed by atoms with Crippen LogP contribution in [0.2, 0.25) is 0 Å². The smallest absolute Gasteiger partial charge is 0.306 e. The summed E-state index contributed by atoms with van der Waals surface area (Å²) in [5.74, 6) is 0.797. The highest BCUT2D eigenvalue weighted by Crippen LogP contribution is 2.38. The zero-order valence-corrected chi connectivity index (χ0v) is 16.4. The number of rotatable bonds is 10. The lowest BCUT2D eigenvalue weighted by Crippen LogP contribution is -2.44. The fourth-order valence-corrected chi connectivity index (χ4v) is 2.25. The molecule has 0 fully saturated rings. The third-order valence-corrected chi connectivity index (χ3v) is 4.07. The first-order valence-electron chi connectivity index (χ1n) is 8.51. The number of nitrogens with one attached hydrogen (secondary N) is 1. The molecule has 0 atom stereocenters. The van der Waals surface area contributed by atoms with Crippen molar-refractivity contribution >= 4 is 11.9 Å². The molecule has 1 aromatic carbocycles. The average molecular weight is 367 g/mol. The van der Waals surface area contributed by atoms with E-state index in [1.807, 2.05) is 20.8 Å². The van der Waals surface area contributed by atoms with E-state index < -0.39 is 5.97 Å². The molecule has 0 heterocycles. The molecular formula is C19H29NO6. The fourth-order valence-electron chi connectivity index (χ4n) is 2.25. The molecule has 1 rings (SSSR count). The van der Waals surface area contributed by atoms with Crippen molar-refractivity contribution in [2.75, 3.05) is 27.9 Å². The molecule has 26 heavy (non-hydrogen) atoms. The summed E-state index contributed by atoms with van der Waals surface area (Å²) in [6.45, 7) is 5.52. The van der Waals surface area contributed by atoms with Gasteiger partial charge in [-0.1, -0.05) is 6.92 Å². The van der Waals surface area contributed by atoms with Crippen molar-refractivity contribution in [2.24, 2.45) is 0 Å². The average Bonchev–Trinajstić information content (AvgIpc) is 2.63. The molecule has 0 radical (unpaired) electrons. The molecule has 7 heteroatoms. The highest BCUT2D eigenvalue weighted by Gasteiger charge is 2.19. The Balaban J connectivity index is 2.58. The molecule has 146 valence electrons. The van der Waals surface area contributed by atoms with Gasteiger partial charge in [0.05, 0.1) is 21.3 Å². The van der Waals surface area contributed by atoms with E-state index in [9.17, 15) is 9.59 Å². The van der Waals surface area contributed by atoms with E-state index in [0.29, 0.717) is 23.7 Å². The van der Waals surface area contributed by atoms with Crippen molar-refractivity contribution < 1.29 is 28.5 Å². The Bertz CT molecular complexity index is 601. The number of hydrogen-bond donors (Lipinski definition) is 1. The Kier molecular flexibility index (Phi) is 8.22. The number of methoxy groups -OCH3 is 3. The van der Waals surface area contributed by atoms with Crippen LogP contribution in [0.15, 0.2) is 12.1 Å². The van der Waals surface area contributed by atoms with Crippen LogP contribution in [0.5, 0.6) is 17.2 Å². The molecule has 0 aliphatic heterocycles. The summed E-state index contributed by atoms with van der Waals surface area (Å²) < 4.78 is 20.9. The lowest BCUT2D eigenvalue weighted by molar-refractivity contribution is -0.149. The molecule has 0 bridgehead atoms. The first kappa shape index (κ1) is 21.6. The lowest BCUT2D eigenvalue weighted by atomic mass is 10.0. The molecule has 1 N–H and O–H groups in total. The second kappa shape index (κ2) is 9.89. The predicted molar refractivity (Wildman–Crippen MR) is 97.9 cm³/mol. The molecule has 0 aliphatic rings. The van der Waals surface area contributed by atoms with Gasteiger partial charge in [-0.25, -0.2) is 0 Å². The molecule has 0 aliphatic carbocycles. The SMILES string of the molecule is CCC(C)(C)NC(=O)COC(=O)CCc1cc(OC)c(OC)c(OC)c1. The highest BCUT2D eigenvalue weighted by atomic mass is 16.5. The maximum Gasteiger partial charge on any atom is 0.306 e. The Hall–Kier alpha value is -2.44. The quantitative estimate of drug-likeness (QED) is 0.640. The van der Waals surface area contributed by atoms with Gasteiger partial charge in [-0.2, -0.15) is 0 Å². The molecule has 0 spiro atoms. The van der Waals surface area contributed by atoms with Gasteiger partial charge in [0.25, 0.3) is 5.91 Å². The van der Waals surface area contributed by atoms with Gasteiger partial charge in [0.2, 0.25) is 5.75 Å². The van der Waals surface area contributed by atoms with Crippen molar-refractivity contribution in [3.05, 3.63) is 17.7 Å². The number of aryl methyl sites for hydroxylation is 1. The normalized spacial score (nSPS) is 10.8. The first-order valence-corrected chi connectivity index (χ1v) is 8.51. The topological polar surface area (TPSA) is 83.1 Å². The fraction of sp³-hybridized carbons (Fsp3) is 0.579. The zero-order chi connectivity index (χ0) is 19.7. The molecule has 1 amide bonds. The van der Waals surface area contributed by atoms with Crippen LogP contribution in [0.4, 0.5) is 0 Å². The van der Waals surface area contributed by atoms with Crippen LogP contribution in [0.1, 0.15) is 39.2 Å². The van der Waals surface area contributed by atoms with E-state index in [0.717, 1.165) is 12.0 Å². The predicted octanol–water partition coefficient (Wildman–Crippen LogP) is 2.49. The van der Waals surface area contributed by atoms with Crippen molar-refractivity contribution in [3.8, 4) is 17.2 Å². The van der Waals surface area contributed by atoms with E-state index >= 15 is 0 Å². The molecule has 7 nitrogen and oxygen atoms in total. The van der Waals surface area contributed by atoms with Crippen LogP contribution in [-0.4, -0.2) is 45.4 Å². The largest absolute Gasteiger partial charge is 0.493 e. The minimum atomic E-state index is -0.441. The number of hydrogen-bond acceptors (Lipinski definition) is 6. The van der Waals surface area contributed by atoms with Gasteiger partial charge in [-0.15, -0.1) is 0 Å². The Morgan fingerprint density at radius 1 is 1.04 bits per heavy atom. The summed E-state index contributed by atoms with van der Waals surface area (Å²) in [6.07, 6.45) is 1.36. The summed E-state index contributed by atoms with van der Waals surface area (Å²) in [5, 5.41) is 2.81. The van der Waals surface area contributed by atoms with Crippen LogP contribution < -0.4 is 19.5 Å². The van der Waals surface area contributed by atoms with Gasteiger partial charge in [0.15, 0.2) is 18.1 Å². The number of ether oxygens (including phenoxy) is 4. The minimum Gasteiger partial charge on any atom is -0.493 e. The van der Waals surface area contributed by atoms with Crippen molar-refractivity contribution in [3.63, 3.8) is 0 Å². The third kappa shape index (κ3) is 6.46. The first-order chi connectivity index (χ1) is 12.3. The Morgan fingerprint density at radius 2 is 1.62 bits per heavy atom. The summed E-state index contributed by atoms with van der Waals surface area (Å²) >= 11 is 0. The van der Waals surface area contributed by atoms with Crippen molar-refractivity contribution in [1.82, 2.24) is 5.32 Å². The minimum absolute atomic E-state index is 0.142. The molecule has 0 saturated heterocycles. The standard InChI is InChI=1S/C19H29NO6/c1-7-19(2,3)20-16(21)12-26-17(22)9-8-13-10-14(23-4)18(25-6)15(11-13)24-5/h10-11H,7-9,12H2,1-6H3,(H,20,21). The van der Waals surface area contributed by atoms with Crippen LogP contribution in [0.3, 0.4) is 0 Å². The molecular weight excluding hydrogens is 338 g/mol. The van der Waals surface area contributed by atoms with E-state index in [4.69, 9.17) is 18.9 Å². The van der Waals surface area contributed by atoms with Crippen LogP contribution >= 0.6 is 0 Å². The van der Waals surface area contributed by atoms with E-state index in [-0.39, 0.29) is 24.5 Å².